The van der Waals surface area contributed by atoms with Gasteiger partial charge in [0.15, 0.2) is 0 Å². The molecular formula is C31H31Cl2N5O2. The molecule has 9 heteroatoms. The van der Waals surface area contributed by atoms with Gasteiger partial charge >= 0.3 is 0 Å². The van der Waals surface area contributed by atoms with Crippen LogP contribution < -0.4 is 10.1 Å². The van der Waals surface area contributed by atoms with Crippen LogP contribution >= 0.6 is 24.0 Å². The number of rotatable bonds is 11. The maximum Gasteiger partial charge on any atom is 0.240 e. The average Bonchev–Trinajstić information content (AvgIpc) is 3.54. The molecule has 1 saturated heterocycles. The number of nitriles is 1. The van der Waals surface area contributed by atoms with E-state index >= 15 is 0 Å². The van der Waals surface area contributed by atoms with Crippen molar-refractivity contribution in [3.63, 3.8) is 0 Å². The Labute approximate surface area is 245 Å². The fourth-order valence-corrected chi connectivity index (χ4v) is 5.02. The smallest absolute Gasteiger partial charge is 0.240 e. The number of halogens is 2. The van der Waals surface area contributed by atoms with Gasteiger partial charge < -0.3 is 19.5 Å². The van der Waals surface area contributed by atoms with E-state index in [4.69, 9.17) is 16.3 Å². The standard InChI is InChI=1S/C31H30ClN5O2.ClH/c32-27-8-4-7-24(15-27)20-36-13-11-29(31(36)38)35-19-28-18-34-22-37(28)21-25-9-10-26(17-33)30(16-25)39-14-12-23-5-2-1-3-6-23;/h1-10,15-16,18,22,29,35H,11-14,19-21H2;1H. The number of nitrogens with zero attached hydrogens (tertiary/aromatic N) is 4. The first kappa shape index (κ1) is 29.2. The van der Waals surface area contributed by atoms with Crippen molar-refractivity contribution < 1.29 is 9.53 Å². The molecule has 2 heterocycles. The van der Waals surface area contributed by atoms with Gasteiger partial charge in [-0.05, 0) is 47.4 Å². The first-order chi connectivity index (χ1) is 19.1. The summed E-state index contributed by atoms with van der Waals surface area (Å²) in [6.07, 6.45) is 5.13. The van der Waals surface area contributed by atoms with E-state index in [1.807, 2.05) is 70.3 Å². The number of carbonyl (C=O) groups excluding carboxylic acids is 1. The Morgan fingerprint density at radius 2 is 1.82 bits per heavy atom. The Morgan fingerprint density at radius 1 is 1.02 bits per heavy atom. The summed E-state index contributed by atoms with van der Waals surface area (Å²) in [4.78, 5) is 19.2. The lowest BCUT2D eigenvalue weighted by atomic mass is 10.1. The second kappa shape index (κ2) is 14.0. The third kappa shape index (κ3) is 7.42. The van der Waals surface area contributed by atoms with E-state index in [1.165, 1.54) is 5.56 Å². The molecule has 0 bridgehead atoms. The van der Waals surface area contributed by atoms with Gasteiger partial charge in [0.25, 0.3) is 0 Å². The monoisotopic (exact) mass is 575 g/mol. The number of aromatic nitrogens is 2. The molecule has 3 aromatic carbocycles. The molecule has 40 heavy (non-hydrogen) atoms. The van der Waals surface area contributed by atoms with Gasteiger partial charge in [-0.2, -0.15) is 5.26 Å². The summed E-state index contributed by atoms with van der Waals surface area (Å²) < 4.78 is 8.05. The summed E-state index contributed by atoms with van der Waals surface area (Å²) in [6.45, 7) is 2.87. The summed E-state index contributed by atoms with van der Waals surface area (Å²) in [5.74, 6) is 0.687. The Kier molecular flexibility index (Phi) is 10.2. The summed E-state index contributed by atoms with van der Waals surface area (Å²) in [7, 11) is 0. The Bertz CT molecular complexity index is 1470. The predicted octanol–water partition coefficient (Wildman–Crippen LogP) is 5.39. The van der Waals surface area contributed by atoms with Crippen molar-refractivity contribution in [2.45, 2.75) is 38.5 Å². The number of imidazole rings is 1. The third-order valence-corrected chi connectivity index (χ3v) is 7.13. The number of likely N-dealkylation sites (tertiary alicyclic amines) is 1. The topological polar surface area (TPSA) is 83.2 Å². The molecule has 5 rings (SSSR count). The highest BCUT2D eigenvalue weighted by Crippen LogP contribution is 2.22. The minimum absolute atomic E-state index is 0. The van der Waals surface area contributed by atoms with Crippen LogP contribution in [0.3, 0.4) is 0 Å². The van der Waals surface area contributed by atoms with Crippen LogP contribution in [0.15, 0.2) is 85.3 Å². The van der Waals surface area contributed by atoms with Crippen LogP contribution in [0.5, 0.6) is 5.75 Å². The summed E-state index contributed by atoms with van der Waals surface area (Å²) in [5, 5.41) is 13.6. The molecule has 1 amide bonds. The van der Waals surface area contributed by atoms with Crippen LogP contribution in [0, 0.1) is 11.3 Å². The number of carbonyl (C=O) groups is 1. The van der Waals surface area contributed by atoms with Gasteiger partial charge in [0.2, 0.25) is 5.91 Å². The van der Waals surface area contributed by atoms with Crippen LogP contribution in [-0.2, 0) is 30.8 Å². The minimum Gasteiger partial charge on any atom is -0.492 e. The van der Waals surface area contributed by atoms with Crippen LogP contribution in [0.25, 0.3) is 0 Å². The van der Waals surface area contributed by atoms with Crippen molar-refractivity contribution in [1.29, 1.82) is 5.26 Å². The minimum atomic E-state index is -0.230. The van der Waals surface area contributed by atoms with Crippen molar-refractivity contribution in [3.8, 4) is 11.8 Å². The molecule has 1 aliphatic rings. The van der Waals surface area contributed by atoms with Crippen LogP contribution in [0.2, 0.25) is 5.02 Å². The first-order valence-electron chi connectivity index (χ1n) is 13.0. The zero-order valence-corrected chi connectivity index (χ0v) is 23.6. The molecule has 0 radical (unpaired) electrons. The number of nitrogens with one attached hydrogen (secondary N) is 1. The molecule has 1 aromatic heterocycles. The molecule has 0 saturated carbocycles. The molecule has 1 aliphatic heterocycles. The zero-order valence-electron chi connectivity index (χ0n) is 22.0. The maximum atomic E-state index is 13.0. The van der Waals surface area contributed by atoms with Crippen molar-refractivity contribution >= 4 is 29.9 Å². The third-order valence-electron chi connectivity index (χ3n) is 6.90. The van der Waals surface area contributed by atoms with Gasteiger partial charge in [-0.25, -0.2) is 4.98 Å². The van der Waals surface area contributed by atoms with Gasteiger partial charge in [-0.3, -0.25) is 4.79 Å². The number of hydrogen-bond acceptors (Lipinski definition) is 5. The Morgan fingerprint density at radius 3 is 2.62 bits per heavy atom. The van der Waals surface area contributed by atoms with Gasteiger partial charge in [0.05, 0.1) is 30.2 Å². The largest absolute Gasteiger partial charge is 0.492 e. The lowest BCUT2D eigenvalue weighted by Gasteiger charge is -2.18. The van der Waals surface area contributed by atoms with Gasteiger partial charge in [0, 0.05) is 43.8 Å². The lowest BCUT2D eigenvalue weighted by molar-refractivity contribution is -0.129. The molecule has 206 valence electrons. The maximum absolute atomic E-state index is 13.0. The summed E-state index contributed by atoms with van der Waals surface area (Å²) in [5.41, 5.74) is 4.72. The fourth-order valence-electron chi connectivity index (χ4n) is 4.80. The van der Waals surface area contributed by atoms with Crippen molar-refractivity contribution in [2.24, 2.45) is 0 Å². The normalized spacial score (nSPS) is 14.6. The highest BCUT2D eigenvalue weighted by Gasteiger charge is 2.31. The van der Waals surface area contributed by atoms with E-state index < -0.39 is 0 Å². The SMILES string of the molecule is Cl.N#Cc1ccc(Cn2cncc2CNC2CCN(Cc3cccc(Cl)c3)C2=O)cc1OCCc1ccccc1. The predicted molar refractivity (Wildman–Crippen MR) is 157 cm³/mol. The number of ether oxygens (including phenoxy) is 1. The zero-order chi connectivity index (χ0) is 27.0. The number of benzene rings is 3. The van der Waals surface area contributed by atoms with Crippen molar-refractivity contribution in [3.05, 3.63) is 118 Å². The quantitative estimate of drug-likeness (QED) is 0.259. The summed E-state index contributed by atoms with van der Waals surface area (Å²) in [6, 6.07) is 25.4. The van der Waals surface area contributed by atoms with Crippen LogP contribution in [0.4, 0.5) is 0 Å². The van der Waals surface area contributed by atoms with Crippen LogP contribution in [0.1, 0.15) is 34.4 Å². The van der Waals surface area contributed by atoms with Crippen LogP contribution in [-0.4, -0.2) is 39.6 Å². The van der Waals surface area contributed by atoms with Gasteiger partial charge in [-0.1, -0.05) is 60.1 Å². The van der Waals surface area contributed by atoms with E-state index in [0.717, 1.165) is 29.7 Å². The molecule has 0 aliphatic carbocycles. The van der Waals surface area contributed by atoms with E-state index in [0.29, 0.717) is 49.1 Å². The number of amides is 1. The van der Waals surface area contributed by atoms with Gasteiger partial charge in [0.1, 0.15) is 11.8 Å². The van der Waals surface area contributed by atoms with E-state index in [-0.39, 0.29) is 24.4 Å². The second-order valence-corrected chi connectivity index (χ2v) is 10.1. The average molecular weight is 577 g/mol. The second-order valence-electron chi connectivity index (χ2n) is 9.65. The lowest BCUT2D eigenvalue weighted by Crippen LogP contribution is -2.38. The fraction of sp³-hybridized carbons (Fsp3) is 0.258. The molecule has 1 fully saturated rings. The van der Waals surface area contributed by atoms with E-state index in [2.05, 4.69) is 28.5 Å². The summed E-state index contributed by atoms with van der Waals surface area (Å²) >= 11 is 6.10. The van der Waals surface area contributed by atoms with Gasteiger partial charge in [-0.15, -0.1) is 12.4 Å². The Hall–Kier alpha value is -3.83. The van der Waals surface area contributed by atoms with Crippen molar-refractivity contribution in [1.82, 2.24) is 19.8 Å². The molecule has 7 nitrogen and oxygen atoms in total. The highest BCUT2D eigenvalue weighted by atomic mass is 35.5. The van der Waals surface area contributed by atoms with Crippen molar-refractivity contribution in [2.75, 3.05) is 13.2 Å². The molecule has 4 aromatic rings. The molecule has 1 unspecified atom stereocenters. The first-order valence-corrected chi connectivity index (χ1v) is 13.4. The van der Waals surface area contributed by atoms with E-state index in [9.17, 15) is 10.1 Å². The Balaban J connectivity index is 0.00000370. The highest BCUT2D eigenvalue weighted by molar-refractivity contribution is 6.30. The number of hydrogen-bond donors (Lipinski definition) is 1. The molecule has 1 N–H and O–H groups in total. The molecule has 1 atom stereocenters. The molecular weight excluding hydrogens is 545 g/mol. The van der Waals surface area contributed by atoms with E-state index in [1.54, 1.807) is 12.4 Å². The molecule has 0 spiro atoms.